The Morgan fingerprint density at radius 2 is 2.03 bits per heavy atom. The van der Waals surface area contributed by atoms with Crippen molar-refractivity contribution in [1.29, 1.82) is 0 Å². The molecule has 2 saturated heterocycles. The number of likely N-dealkylation sites (tertiary alicyclic amines) is 1. The number of piperidine rings is 1. The number of carbonyl (C=O) groups excluding carboxylic acids is 1. The molecule has 0 bridgehead atoms. The van der Waals surface area contributed by atoms with Gasteiger partial charge in [-0.25, -0.2) is 13.5 Å². The van der Waals surface area contributed by atoms with Gasteiger partial charge in [0, 0.05) is 43.6 Å². The second-order valence-corrected chi connectivity index (χ2v) is 10.4. The van der Waals surface area contributed by atoms with Gasteiger partial charge in [-0.3, -0.25) is 4.79 Å². The lowest BCUT2D eigenvalue weighted by Gasteiger charge is -2.40. The number of hydrogen-bond donors (Lipinski definition) is 1. The summed E-state index contributed by atoms with van der Waals surface area (Å²) < 4.78 is 34.9. The molecule has 3 atom stereocenters. The minimum Gasteiger partial charge on any atom is -0.378 e. The summed E-state index contributed by atoms with van der Waals surface area (Å²) in [6, 6.07) is 1.01. The van der Waals surface area contributed by atoms with Crippen LogP contribution in [0.15, 0.2) is 6.07 Å². The molecule has 4 heterocycles. The Morgan fingerprint density at radius 3 is 2.65 bits per heavy atom. The molecule has 31 heavy (non-hydrogen) atoms. The molecule has 1 N–H and O–H groups in total. The molecule has 8 heteroatoms. The molecular formula is C23H36F2N4O2. The Labute approximate surface area is 183 Å². The van der Waals surface area contributed by atoms with Gasteiger partial charge in [-0.15, -0.1) is 0 Å². The third-order valence-electron chi connectivity index (χ3n) is 7.10. The Balaban J connectivity index is 1.35. The fourth-order valence-corrected chi connectivity index (χ4v) is 5.12. The predicted molar refractivity (Wildman–Crippen MR) is 116 cm³/mol. The van der Waals surface area contributed by atoms with E-state index in [9.17, 15) is 13.6 Å². The number of alkyl halides is 2. The smallest absolute Gasteiger partial charge is 0.260 e. The molecule has 3 aliphatic rings. The van der Waals surface area contributed by atoms with Crippen molar-refractivity contribution in [2.75, 3.05) is 25.0 Å². The van der Waals surface area contributed by atoms with Crippen molar-refractivity contribution in [1.82, 2.24) is 14.7 Å². The normalized spacial score (nSPS) is 27.4. The minimum absolute atomic E-state index is 0.0137. The number of rotatable bonds is 5. The molecule has 1 aromatic heterocycles. The van der Waals surface area contributed by atoms with Gasteiger partial charge in [-0.2, -0.15) is 5.10 Å². The quantitative estimate of drug-likeness (QED) is 0.742. The van der Waals surface area contributed by atoms with Crippen molar-refractivity contribution in [3.63, 3.8) is 0 Å². The maximum absolute atomic E-state index is 13.9. The summed E-state index contributed by atoms with van der Waals surface area (Å²) >= 11 is 0. The van der Waals surface area contributed by atoms with Crippen molar-refractivity contribution in [3.8, 4) is 0 Å². The van der Waals surface area contributed by atoms with Crippen LogP contribution in [0.3, 0.4) is 0 Å². The number of amides is 1. The van der Waals surface area contributed by atoms with Crippen molar-refractivity contribution < 1.29 is 18.3 Å². The lowest BCUT2D eigenvalue weighted by atomic mass is 9.84. The number of halogens is 2. The van der Waals surface area contributed by atoms with Crippen LogP contribution in [0, 0.1) is 5.92 Å². The maximum Gasteiger partial charge on any atom is 0.260 e. The van der Waals surface area contributed by atoms with E-state index in [1.54, 1.807) is 0 Å². The summed E-state index contributed by atoms with van der Waals surface area (Å²) in [7, 11) is 0. The van der Waals surface area contributed by atoms with Gasteiger partial charge in [0.1, 0.15) is 11.9 Å². The first kappa shape index (κ1) is 22.5. The molecule has 1 amide bonds. The van der Waals surface area contributed by atoms with Crippen LogP contribution in [0.4, 0.5) is 14.6 Å². The van der Waals surface area contributed by atoms with E-state index in [1.165, 1.54) is 4.68 Å². The first-order chi connectivity index (χ1) is 14.7. The van der Waals surface area contributed by atoms with Gasteiger partial charge in [-0.05, 0) is 44.4 Å². The van der Waals surface area contributed by atoms with Crippen LogP contribution in [0.2, 0.25) is 0 Å². The molecule has 4 rings (SSSR count). The van der Waals surface area contributed by atoms with Crippen LogP contribution < -0.4 is 5.32 Å². The van der Waals surface area contributed by atoms with E-state index in [0.717, 1.165) is 44.4 Å². The van der Waals surface area contributed by atoms with E-state index in [4.69, 9.17) is 4.74 Å². The fourth-order valence-electron chi connectivity index (χ4n) is 5.12. The van der Waals surface area contributed by atoms with Gasteiger partial charge in [0.15, 0.2) is 0 Å². The van der Waals surface area contributed by atoms with E-state index in [-0.39, 0.29) is 29.4 Å². The van der Waals surface area contributed by atoms with Crippen LogP contribution in [0.1, 0.15) is 77.5 Å². The van der Waals surface area contributed by atoms with Gasteiger partial charge in [0.25, 0.3) is 6.43 Å². The van der Waals surface area contributed by atoms with Gasteiger partial charge in [-0.1, -0.05) is 20.8 Å². The van der Waals surface area contributed by atoms with Crippen molar-refractivity contribution in [2.24, 2.45) is 5.92 Å². The molecule has 6 nitrogen and oxygen atoms in total. The average molecular weight is 439 g/mol. The summed E-state index contributed by atoms with van der Waals surface area (Å²) in [5.41, 5.74) is 0.636. The van der Waals surface area contributed by atoms with E-state index in [2.05, 4.69) is 10.4 Å². The summed E-state index contributed by atoms with van der Waals surface area (Å²) in [5.74, 6) is 1.18. The van der Waals surface area contributed by atoms with Crippen molar-refractivity contribution in [3.05, 3.63) is 11.8 Å². The molecule has 3 aliphatic heterocycles. The zero-order valence-electron chi connectivity index (χ0n) is 18.9. The summed E-state index contributed by atoms with van der Waals surface area (Å²) in [6.07, 6.45) is 3.35. The van der Waals surface area contributed by atoms with Gasteiger partial charge < -0.3 is 15.0 Å². The summed E-state index contributed by atoms with van der Waals surface area (Å²) in [4.78, 5) is 14.5. The lowest BCUT2D eigenvalue weighted by Crippen LogP contribution is -2.46. The largest absolute Gasteiger partial charge is 0.378 e. The van der Waals surface area contributed by atoms with E-state index < -0.39 is 12.5 Å². The molecular weight excluding hydrogens is 402 g/mol. The number of anilines is 1. The van der Waals surface area contributed by atoms with E-state index in [1.807, 2.05) is 31.7 Å². The number of nitrogens with one attached hydrogen (secondary N) is 1. The predicted octanol–water partition coefficient (Wildman–Crippen LogP) is 4.37. The second kappa shape index (κ2) is 9.04. The number of carbonyl (C=O) groups is 1. The summed E-state index contributed by atoms with van der Waals surface area (Å²) in [6.45, 7) is 8.36. The highest BCUT2D eigenvalue weighted by molar-refractivity contribution is 5.76. The third kappa shape index (κ3) is 5.04. The Morgan fingerprint density at radius 1 is 1.29 bits per heavy atom. The van der Waals surface area contributed by atoms with Crippen molar-refractivity contribution >= 4 is 11.7 Å². The van der Waals surface area contributed by atoms with Crippen LogP contribution in [-0.2, 0) is 14.9 Å². The molecule has 0 aromatic carbocycles. The SMILES string of the molecule is CC(C)(C)c1cc2n(n1)[C@@H](C(F)F)C[C@@H](C1CCN(C(=O)CCC3CCCO3)CC1)N2. The van der Waals surface area contributed by atoms with Crippen LogP contribution >= 0.6 is 0 Å². The van der Waals surface area contributed by atoms with Gasteiger partial charge in [0.05, 0.1) is 11.8 Å². The topological polar surface area (TPSA) is 59.4 Å². The fraction of sp³-hybridized carbons (Fsp3) is 0.826. The first-order valence-electron chi connectivity index (χ1n) is 11.8. The highest BCUT2D eigenvalue weighted by Gasteiger charge is 2.39. The number of aromatic nitrogens is 2. The number of ether oxygens (including phenoxy) is 1. The van der Waals surface area contributed by atoms with Gasteiger partial charge >= 0.3 is 0 Å². The Hall–Kier alpha value is -1.70. The van der Waals surface area contributed by atoms with Crippen LogP contribution in [0.25, 0.3) is 0 Å². The molecule has 174 valence electrons. The first-order valence-corrected chi connectivity index (χ1v) is 11.8. The molecule has 2 fully saturated rings. The van der Waals surface area contributed by atoms with E-state index in [0.29, 0.717) is 31.7 Å². The molecule has 0 radical (unpaired) electrons. The average Bonchev–Trinajstić information content (AvgIpc) is 3.40. The number of hydrogen-bond acceptors (Lipinski definition) is 4. The lowest BCUT2D eigenvalue weighted by molar-refractivity contribution is -0.133. The van der Waals surface area contributed by atoms with Crippen LogP contribution in [-0.4, -0.2) is 58.9 Å². The molecule has 1 aromatic rings. The van der Waals surface area contributed by atoms with Gasteiger partial charge in [0.2, 0.25) is 5.91 Å². The van der Waals surface area contributed by atoms with Crippen LogP contribution in [0.5, 0.6) is 0 Å². The monoisotopic (exact) mass is 438 g/mol. The molecule has 0 saturated carbocycles. The second-order valence-electron chi connectivity index (χ2n) is 10.4. The maximum atomic E-state index is 13.9. The molecule has 0 aliphatic carbocycles. The third-order valence-corrected chi connectivity index (χ3v) is 7.10. The molecule has 1 unspecified atom stereocenters. The number of fused-ring (bicyclic) bond motifs is 1. The minimum atomic E-state index is -2.45. The zero-order chi connectivity index (χ0) is 22.2. The highest BCUT2D eigenvalue weighted by atomic mass is 19.3. The highest BCUT2D eigenvalue weighted by Crippen LogP contribution is 2.38. The summed E-state index contributed by atoms with van der Waals surface area (Å²) in [5, 5.41) is 8.00. The number of nitrogens with zero attached hydrogens (tertiary/aromatic N) is 3. The Bertz CT molecular complexity index is 762. The molecule has 0 spiro atoms. The standard InChI is InChI=1S/C23H36F2N4O2/c1-23(2,3)19-14-20-26-17(13-18(22(24)25)29(20)27-19)15-8-10-28(11-9-15)21(30)7-6-16-5-4-12-31-16/h14-18,22,26H,4-13H2,1-3H3/t16?,17-,18+/m0/s1. The zero-order valence-corrected chi connectivity index (χ0v) is 18.9. The van der Waals surface area contributed by atoms with Crippen molar-refractivity contribution in [2.45, 2.75) is 95.7 Å². The Kier molecular flexibility index (Phi) is 6.56. The van der Waals surface area contributed by atoms with E-state index >= 15 is 0 Å².